The van der Waals surface area contributed by atoms with Gasteiger partial charge in [0.15, 0.2) is 12.6 Å². The van der Waals surface area contributed by atoms with Gasteiger partial charge in [-0.05, 0) is 44.9 Å². The summed E-state index contributed by atoms with van der Waals surface area (Å²) >= 11 is 0. The van der Waals surface area contributed by atoms with E-state index in [1.165, 1.54) is 212 Å². The van der Waals surface area contributed by atoms with E-state index in [4.69, 9.17) is 28.4 Å². The topological polar surface area (TPSA) is 214 Å². The number of aliphatic hydroxyl groups excluding tert-OH is 7. The van der Waals surface area contributed by atoms with Crippen molar-refractivity contribution in [3.05, 3.63) is 24.3 Å². The molecule has 0 aromatic carbocycles. The van der Waals surface area contributed by atoms with Crippen LogP contribution >= 0.6 is 0 Å². The van der Waals surface area contributed by atoms with Crippen LogP contribution in [0.2, 0.25) is 0 Å². The molecule has 2 saturated heterocycles. The third-order valence-corrected chi connectivity index (χ3v) is 16.2. The molecule has 0 saturated carbocycles. The molecule has 472 valence electrons. The normalized spacial score (nSPS) is 23.9. The van der Waals surface area contributed by atoms with E-state index >= 15 is 0 Å². The van der Waals surface area contributed by atoms with Gasteiger partial charge in [0.05, 0.1) is 26.4 Å². The van der Waals surface area contributed by atoms with Gasteiger partial charge in [-0.15, -0.1) is 0 Å². The molecule has 2 heterocycles. The van der Waals surface area contributed by atoms with Gasteiger partial charge in [-0.1, -0.05) is 263 Å². The Morgan fingerprint density at radius 1 is 0.412 bits per heavy atom. The third-order valence-electron chi connectivity index (χ3n) is 16.2. The number of hydrogen-bond acceptors (Lipinski definition) is 14. The van der Waals surface area contributed by atoms with Crippen LogP contribution in [-0.4, -0.2) is 142 Å². The summed E-state index contributed by atoms with van der Waals surface area (Å²) in [5, 5.41) is 72.5. The van der Waals surface area contributed by atoms with E-state index in [2.05, 4.69) is 38.2 Å². The Kier molecular flexibility index (Phi) is 49.4. The fraction of sp³-hybridized carbons (Fsp3) is 0.924. The van der Waals surface area contributed by atoms with Gasteiger partial charge in [0.2, 0.25) is 0 Å². The van der Waals surface area contributed by atoms with Crippen LogP contribution in [0.5, 0.6) is 0 Å². The van der Waals surface area contributed by atoms with Crippen LogP contribution in [0.4, 0.5) is 0 Å². The number of ether oxygens (including phenoxy) is 6. The van der Waals surface area contributed by atoms with Gasteiger partial charge in [-0.25, -0.2) is 0 Å². The molecule has 11 unspecified atom stereocenters. The lowest BCUT2D eigenvalue weighted by Crippen LogP contribution is -2.61. The minimum Gasteiger partial charge on any atom is -0.457 e. The lowest BCUT2D eigenvalue weighted by atomic mass is 9.98. The smallest absolute Gasteiger partial charge is 0.306 e. The molecule has 0 bridgehead atoms. The Labute approximate surface area is 487 Å². The largest absolute Gasteiger partial charge is 0.457 e. The molecule has 2 aliphatic rings. The van der Waals surface area contributed by atoms with Gasteiger partial charge in [0.1, 0.15) is 54.9 Å². The van der Waals surface area contributed by atoms with Crippen LogP contribution in [0.15, 0.2) is 24.3 Å². The minimum absolute atomic E-state index is 0.0652. The summed E-state index contributed by atoms with van der Waals surface area (Å²) in [7, 11) is 0. The van der Waals surface area contributed by atoms with E-state index in [-0.39, 0.29) is 25.6 Å². The van der Waals surface area contributed by atoms with E-state index in [9.17, 15) is 40.5 Å². The first-order chi connectivity index (χ1) is 39.1. The Bertz CT molecular complexity index is 1420. The molecular formula is C66H124O14. The Morgan fingerprint density at radius 3 is 1.20 bits per heavy atom. The van der Waals surface area contributed by atoms with Crippen molar-refractivity contribution in [1.82, 2.24) is 0 Å². The van der Waals surface area contributed by atoms with Crippen molar-refractivity contribution in [3.8, 4) is 0 Å². The lowest BCUT2D eigenvalue weighted by molar-refractivity contribution is -0.332. The molecule has 0 radical (unpaired) electrons. The first kappa shape index (κ1) is 74.6. The summed E-state index contributed by atoms with van der Waals surface area (Å²) in [5.41, 5.74) is 0. The Balaban J connectivity index is 1.65. The summed E-state index contributed by atoms with van der Waals surface area (Å²) in [6.07, 6.45) is 46.8. The van der Waals surface area contributed by atoms with Crippen LogP contribution in [0.3, 0.4) is 0 Å². The maximum Gasteiger partial charge on any atom is 0.306 e. The maximum absolute atomic E-state index is 13.1. The molecule has 0 aromatic rings. The summed E-state index contributed by atoms with van der Waals surface area (Å²) in [6.45, 7) is 3.75. The Morgan fingerprint density at radius 2 is 0.775 bits per heavy atom. The first-order valence-corrected chi connectivity index (χ1v) is 33.4. The number of rotatable bonds is 56. The molecular weight excluding hydrogens is 1020 g/mol. The maximum atomic E-state index is 13.1. The second-order valence-electron chi connectivity index (χ2n) is 23.7. The van der Waals surface area contributed by atoms with E-state index in [0.717, 1.165) is 51.4 Å². The fourth-order valence-electron chi connectivity index (χ4n) is 10.8. The average molecular weight is 1140 g/mol. The summed E-state index contributed by atoms with van der Waals surface area (Å²) in [6, 6.07) is 0. The van der Waals surface area contributed by atoms with Crippen molar-refractivity contribution in [2.24, 2.45) is 0 Å². The predicted octanol–water partition coefficient (Wildman–Crippen LogP) is 13.5. The molecule has 11 atom stereocenters. The summed E-state index contributed by atoms with van der Waals surface area (Å²) in [4.78, 5) is 13.1. The molecule has 2 rings (SSSR count). The molecule has 0 aromatic heterocycles. The van der Waals surface area contributed by atoms with Gasteiger partial charge in [-0.3, -0.25) is 4.79 Å². The average Bonchev–Trinajstić information content (AvgIpc) is 3.52. The number of carbonyl (C=O) groups excluding carboxylic acids is 1. The molecule has 0 amide bonds. The Hall–Kier alpha value is -1.53. The second kappa shape index (κ2) is 53.0. The van der Waals surface area contributed by atoms with Crippen LogP contribution in [0, 0.1) is 0 Å². The highest BCUT2D eigenvalue weighted by Crippen LogP contribution is 2.27. The van der Waals surface area contributed by atoms with Gasteiger partial charge in [0.25, 0.3) is 0 Å². The van der Waals surface area contributed by atoms with Crippen molar-refractivity contribution in [2.45, 2.75) is 357 Å². The number of aliphatic hydroxyl groups is 7. The zero-order valence-electron chi connectivity index (χ0n) is 51.1. The molecule has 0 aliphatic carbocycles. The predicted molar refractivity (Wildman–Crippen MR) is 321 cm³/mol. The quantitative estimate of drug-likeness (QED) is 0.0171. The van der Waals surface area contributed by atoms with Gasteiger partial charge >= 0.3 is 5.97 Å². The molecule has 2 fully saturated rings. The van der Waals surface area contributed by atoms with Crippen molar-refractivity contribution in [2.75, 3.05) is 33.0 Å². The van der Waals surface area contributed by atoms with Crippen molar-refractivity contribution in [3.63, 3.8) is 0 Å². The van der Waals surface area contributed by atoms with E-state index in [1.807, 2.05) is 0 Å². The monoisotopic (exact) mass is 1140 g/mol. The van der Waals surface area contributed by atoms with Gasteiger partial charge < -0.3 is 64.2 Å². The minimum atomic E-state index is -1.71. The molecule has 7 N–H and O–H groups in total. The number of allylic oxidation sites excluding steroid dienone is 4. The fourth-order valence-corrected chi connectivity index (χ4v) is 10.8. The van der Waals surface area contributed by atoms with E-state index in [0.29, 0.717) is 13.0 Å². The highest BCUT2D eigenvalue weighted by molar-refractivity contribution is 5.69. The number of unbranched alkanes of at least 4 members (excludes halogenated alkanes) is 38. The molecule has 80 heavy (non-hydrogen) atoms. The zero-order chi connectivity index (χ0) is 57.9. The van der Waals surface area contributed by atoms with Crippen LogP contribution in [0.1, 0.15) is 290 Å². The number of hydrogen-bond donors (Lipinski definition) is 7. The number of carbonyl (C=O) groups is 1. The zero-order valence-corrected chi connectivity index (χ0v) is 51.1. The first-order valence-electron chi connectivity index (χ1n) is 33.4. The van der Waals surface area contributed by atoms with Crippen molar-refractivity contribution in [1.29, 1.82) is 0 Å². The SMILES string of the molecule is CCCCCCC/C=C\C/C=C\CCCCCCCCCCCC(=O)OC(COCCCCCCCCCCCCCCCCCCCCCCCCCCC)COC1OC(COC2OC(CO)C(O)C(O)C2O)C(O)C(O)C1O. The van der Waals surface area contributed by atoms with Crippen LogP contribution < -0.4 is 0 Å². The van der Waals surface area contributed by atoms with E-state index < -0.39 is 80.7 Å². The third kappa shape index (κ3) is 38.4. The van der Waals surface area contributed by atoms with Crippen molar-refractivity contribution >= 4 is 5.97 Å². The standard InChI is InChI=1S/C66H124O14/c1-3-5-7-9-11-13-15-17-19-21-23-25-26-27-28-30-32-34-36-38-40-42-44-46-48-50-75-52-55(53-76-65-64(74)62(72)60(70)57(80-65)54-77-66-63(73)61(71)59(69)56(51-67)79-66)78-58(68)49-47-45-43-41-39-37-35-33-31-29-24-22-20-18-16-14-12-10-8-6-4-2/h16,18,22,24,55-57,59-67,69-74H,3-15,17,19-21,23,25-54H2,1-2H3/b18-16-,24-22-. The van der Waals surface area contributed by atoms with Gasteiger partial charge in [0, 0.05) is 13.0 Å². The molecule has 14 heteroatoms. The van der Waals surface area contributed by atoms with Crippen LogP contribution in [0.25, 0.3) is 0 Å². The molecule has 0 spiro atoms. The second-order valence-corrected chi connectivity index (χ2v) is 23.7. The van der Waals surface area contributed by atoms with E-state index in [1.54, 1.807) is 0 Å². The molecule has 2 aliphatic heterocycles. The summed E-state index contributed by atoms with van der Waals surface area (Å²) < 4.78 is 34.5. The van der Waals surface area contributed by atoms with Gasteiger partial charge in [-0.2, -0.15) is 0 Å². The molecule has 14 nitrogen and oxygen atoms in total. The highest BCUT2D eigenvalue weighted by atomic mass is 16.7. The number of esters is 1. The lowest BCUT2D eigenvalue weighted by Gasteiger charge is -2.42. The summed E-state index contributed by atoms with van der Waals surface area (Å²) in [5.74, 6) is -0.374. The van der Waals surface area contributed by atoms with Crippen LogP contribution in [-0.2, 0) is 33.2 Å². The highest BCUT2D eigenvalue weighted by Gasteiger charge is 2.47. The van der Waals surface area contributed by atoms with Crippen molar-refractivity contribution < 1.29 is 69.0 Å².